The number of anilines is 1. The number of nitrogens with zero attached hydrogens (tertiary/aromatic N) is 1. The van der Waals surface area contributed by atoms with Crippen molar-refractivity contribution in [3.63, 3.8) is 0 Å². The molecule has 1 aromatic carbocycles. The summed E-state index contributed by atoms with van der Waals surface area (Å²) >= 11 is 0. The SMILES string of the molecule is C/C(=N\NC(=O)Nc1ccccc1)C12CC3CC(CC(C3)C1)C2. The first-order valence-electron chi connectivity index (χ1n) is 8.80. The van der Waals surface area contributed by atoms with Crippen molar-refractivity contribution in [2.45, 2.75) is 45.4 Å². The Balaban J connectivity index is 1.41. The zero-order valence-electron chi connectivity index (χ0n) is 13.7. The molecule has 5 rings (SSSR count). The highest BCUT2D eigenvalue weighted by Gasteiger charge is 2.52. The molecule has 4 fully saturated rings. The second kappa shape index (κ2) is 5.66. The zero-order valence-corrected chi connectivity index (χ0v) is 13.7. The fourth-order valence-corrected chi connectivity index (χ4v) is 5.49. The van der Waals surface area contributed by atoms with Crippen molar-refractivity contribution in [2.75, 3.05) is 5.32 Å². The Morgan fingerprint density at radius 2 is 1.61 bits per heavy atom. The van der Waals surface area contributed by atoms with Gasteiger partial charge in [-0.25, -0.2) is 10.2 Å². The molecule has 4 aliphatic rings. The molecular formula is C19H25N3O. The molecule has 122 valence electrons. The molecule has 2 N–H and O–H groups in total. The van der Waals surface area contributed by atoms with Gasteiger partial charge >= 0.3 is 6.03 Å². The molecule has 23 heavy (non-hydrogen) atoms. The summed E-state index contributed by atoms with van der Waals surface area (Å²) in [5.74, 6) is 2.68. The lowest BCUT2D eigenvalue weighted by Gasteiger charge is -2.56. The van der Waals surface area contributed by atoms with Gasteiger partial charge in [-0.1, -0.05) is 18.2 Å². The van der Waals surface area contributed by atoms with Gasteiger partial charge in [-0.2, -0.15) is 5.10 Å². The van der Waals surface area contributed by atoms with Crippen molar-refractivity contribution in [3.8, 4) is 0 Å². The highest BCUT2D eigenvalue weighted by molar-refractivity contribution is 5.92. The number of carbonyl (C=O) groups excluding carboxylic acids is 1. The largest absolute Gasteiger partial charge is 0.339 e. The first-order valence-corrected chi connectivity index (χ1v) is 8.80. The minimum atomic E-state index is -0.264. The van der Waals surface area contributed by atoms with Crippen LogP contribution >= 0.6 is 0 Å². The van der Waals surface area contributed by atoms with Crippen LogP contribution in [0.3, 0.4) is 0 Å². The van der Waals surface area contributed by atoms with Crippen LogP contribution < -0.4 is 10.7 Å². The van der Waals surface area contributed by atoms with Crippen molar-refractivity contribution in [1.82, 2.24) is 5.43 Å². The van der Waals surface area contributed by atoms with Gasteiger partial charge in [0.1, 0.15) is 0 Å². The van der Waals surface area contributed by atoms with Crippen molar-refractivity contribution in [3.05, 3.63) is 30.3 Å². The molecule has 0 saturated heterocycles. The maximum absolute atomic E-state index is 12.0. The molecule has 0 aromatic heterocycles. The molecular weight excluding hydrogens is 286 g/mol. The standard InChI is InChI=1S/C19H25N3O/c1-13(21-22-18(23)20-17-5-3-2-4-6-17)19-10-14-7-15(11-19)9-16(8-14)12-19/h2-6,14-16H,7-12H2,1H3,(H2,20,22,23)/b21-13+. The van der Waals surface area contributed by atoms with E-state index in [1.165, 1.54) is 38.5 Å². The summed E-state index contributed by atoms with van der Waals surface area (Å²) in [6.45, 7) is 2.11. The number of carbonyl (C=O) groups is 1. The summed E-state index contributed by atoms with van der Waals surface area (Å²) in [5.41, 5.74) is 4.86. The van der Waals surface area contributed by atoms with Crippen LogP contribution in [-0.2, 0) is 0 Å². The van der Waals surface area contributed by atoms with E-state index in [1.54, 1.807) is 0 Å². The number of amides is 2. The molecule has 0 spiro atoms. The van der Waals surface area contributed by atoms with Crippen LogP contribution in [0.4, 0.5) is 10.5 Å². The lowest BCUT2D eigenvalue weighted by Crippen LogP contribution is -2.49. The summed E-state index contributed by atoms with van der Waals surface area (Å²) in [5, 5.41) is 7.28. The monoisotopic (exact) mass is 311 g/mol. The lowest BCUT2D eigenvalue weighted by atomic mass is 9.48. The van der Waals surface area contributed by atoms with Crippen LogP contribution in [0.25, 0.3) is 0 Å². The first-order chi connectivity index (χ1) is 11.1. The second-order valence-electron chi connectivity index (χ2n) is 7.83. The van der Waals surface area contributed by atoms with Crippen LogP contribution in [0.1, 0.15) is 45.4 Å². The smallest absolute Gasteiger partial charge is 0.307 e. The molecule has 0 heterocycles. The van der Waals surface area contributed by atoms with Crippen LogP contribution in [0.5, 0.6) is 0 Å². The fraction of sp³-hybridized carbons (Fsp3) is 0.579. The number of hydrazone groups is 1. The Bertz CT molecular complexity index is 587. The van der Waals surface area contributed by atoms with Gasteiger partial charge in [0.25, 0.3) is 0 Å². The third-order valence-electron chi connectivity index (χ3n) is 6.16. The van der Waals surface area contributed by atoms with Crippen molar-refractivity contribution in [1.29, 1.82) is 0 Å². The van der Waals surface area contributed by atoms with Gasteiger partial charge in [0.15, 0.2) is 0 Å². The highest BCUT2D eigenvalue weighted by atomic mass is 16.2. The Hall–Kier alpha value is -1.84. The molecule has 4 aliphatic carbocycles. The minimum absolute atomic E-state index is 0.259. The fourth-order valence-electron chi connectivity index (χ4n) is 5.49. The predicted molar refractivity (Wildman–Crippen MR) is 92.3 cm³/mol. The molecule has 4 nitrogen and oxygen atoms in total. The quantitative estimate of drug-likeness (QED) is 0.631. The van der Waals surface area contributed by atoms with Gasteiger partial charge in [0.2, 0.25) is 0 Å². The summed E-state index contributed by atoms with van der Waals surface area (Å²) in [6.07, 6.45) is 8.10. The minimum Gasteiger partial charge on any atom is -0.307 e. The number of nitrogens with one attached hydrogen (secondary N) is 2. The van der Waals surface area contributed by atoms with E-state index in [-0.39, 0.29) is 11.4 Å². The summed E-state index contributed by atoms with van der Waals surface area (Å²) in [7, 11) is 0. The highest BCUT2D eigenvalue weighted by Crippen LogP contribution is 2.60. The van der Waals surface area contributed by atoms with Crippen LogP contribution in [0, 0.1) is 23.2 Å². The number of benzene rings is 1. The van der Waals surface area contributed by atoms with Gasteiger partial charge in [-0.15, -0.1) is 0 Å². The summed E-state index contributed by atoms with van der Waals surface area (Å²) in [4.78, 5) is 12.0. The predicted octanol–water partition coefficient (Wildman–Crippen LogP) is 4.40. The van der Waals surface area contributed by atoms with Gasteiger partial charge in [0, 0.05) is 16.8 Å². The average Bonchev–Trinajstić information content (AvgIpc) is 2.52. The Morgan fingerprint density at radius 3 is 2.17 bits per heavy atom. The maximum atomic E-state index is 12.0. The van der Waals surface area contributed by atoms with E-state index in [4.69, 9.17) is 0 Å². The molecule has 0 aliphatic heterocycles. The van der Waals surface area contributed by atoms with E-state index in [2.05, 4.69) is 22.8 Å². The topological polar surface area (TPSA) is 53.5 Å². The number of para-hydroxylation sites is 1. The van der Waals surface area contributed by atoms with Gasteiger partial charge in [-0.05, 0) is 75.3 Å². The van der Waals surface area contributed by atoms with E-state index in [1.807, 2.05) is 30.3 Å². The molecule has 2 amide bonds. The van der Waals surface area contributed by atoms with Crippen molar-refractivity contribution < 1.29 is 4.79 Å². The molecule has 4 bridgehead atoms. The molecule has 4 heteroatoms. The number of urea groups is 1. The van der Waals surface area contributed by atoms with Crippen molar-refractivity contribution >= 4 is 17.4 Å². The van der Waals surface area contributed by atoms with Crippen molar-refractivity contribution in [2.24, 2.45) is 28.3 Å². The zero-order chi connectivity index (χ0) is 15.9. The van der Waals surface area contributed by atoms with E-state index in [9.17, 15) is 4.79 Å². The third-order valence-corrected chi connectivity index (χ3v) is 6.16. The normalized spacial score (nSPS) is 35.2. The van der Waals surface area contributed by atoms with Gasteiger partial charge in [-0.3, -0.25) is 0 Å². The molecule has 0 radical (unpaired) electrons. The average molecular weight is 311 g/mol. The van der Waals surface area contributed by atoms with Gasteiger partial charge < -0.3 is 5.32 Å². The Kier molecular flexibility index (Phi) is 3.63. The van der Waals surface area contributed by atoms with Crippen LogP contribution in [0.15, 0.2) is 35.4 Å². The Morgan fingerprint density at radius 1 is 1.04 bits per heavy atom. The second-order valence-corrected chi connectivity index (χ2v) is 7.83. The maximum Gasteiger partial charge on any atom is 0.339 e. The van der Waals surface area contributed by atoms with E-state index in [0.29, 0.717) is 0 Å². The van der Waals surface area contributed by atoms with Crippen LogP contribution in [-0.4, -0.2) is 11.7 Å². The molecule has 4 saturated carbocycles. The first kappa shape index (κ1) is 14.7. The van der Waals surface area contributed by atoms with Crippen LogP contribution in [0.2, 0.25) is 0 Å². The van der Waals surface area contributed by atoms with E-state index >= 15 is 0 Å². The van der Waals surface area contributed by atoms with E-state index in [0.717, 1.165) is 29.2 Å². The molecule has 0 atom stereocenters. The Labute approximate surface area is 137 Å². The number of rotatable bonds is 3. The number of hydrogen-bond donors (Lipinski definition) is 2. The summed E-state index contributed by atoms with van der Waals surface area (Å²) < 4.78 is 0. The lowest BCUT2D eigenvalue weighted by molar-refractivity contribution is -0.0128. The molecule has 0 unspecified atom stereocenters. The summed E-state index contributed by atoms with van der Waals surface area (Å²) in [6, 6.07) is 9.21. The molecule has 1 aromatic rings. The van der Waals surface area contributed by atoms with Gasteiger partial charge in [0.05, 0.1) is 0 Å². The third kappa shape index (κ3) is 2.87. The number of hydrogen-bond acceptors (Lipinski definition) is 2. The van der Waals surface area contributed by atoms with E-state index < -0.39 is 0 Å².